The molecule has 0 aliphatic carbocycles. The Labute approximate surface area is 253 Å². The molecule has 3 aromatic carbocycles. The van der Waals surface area contributed by atoms with Crippen molar-refractivity contribution in [3.05, 3.63) is 106 Å². The molecule has 45 heavy (non-hydrogen) atoms. The number of alkyl halides is 3. The van der Waals surface area contributed by atoms with E-state index in [0.29, 0.717) is 11.1 Å². The summed E-state index contributed by atoms with van der Waals surface area (Å²) < 4.78 is 63.3. The van der Waals surface area contributed by atoms with Crippen molar-refractivity contribution in [2.45, 2.75) is 38.1 Å². The first kappa shape index (κ1) is 29.9. The highest BCUT2D eigenvalue weighted by molar-refractivity contribution is 5.97. The van der Waals surface area contributed by atoms with E-state index in [-0.39, 0.29) is 18.8 Å². The van der Waals surface area contributed by atoms with Crippen molar-refractivity contribution in [2.24, 2.45) is 0 Å². The van der Waals surface area contributed by atoms with Crippen LogP contribution in [0.4, 0.5) is 22.4 Å². The van der Waals surface area contributed by atoms with Crippen molar-refractivity contribution in [3.63, 3.8) is 0 Å². The van der Waals surface area contributed by atoms with E-state index in [9.17, 15) is 31.9 Å². The molecule has 1 fully saturated rings. The number of ether oxygens (including phenoxy) is 1. The van der Waals surface area contributed by atoms with Gasteiger partial charge in [-0.2, -0.15) is 18.3 Å². The first-order valence-electron chi connectivity index (χ1n) is 13.9. The fourth-order valence-electron chi connectivity index (χ4n) is 5.45. The molecule has 1 saturated heterocycles. The summed E-state index contributed by atoms with van der Waals surface area (Å²) in [5.41, 5.74) is -5.61. The summed E-state index contributed by atoms with van der Waals surface area (Å²) in [5, 5.41) is 8.31. The largest absolute Gasteiger partial charge is 0.444 e. The van der Waals surface area contributed by atoms with Crippen LogP contribution in [0.15, 0.2) is 77.7 Å². The van der Waals surface area contributed by atoms with E-state index in [2.05, 4.69) is 15.4 Å². The van der Waals surface area contributed by atoms with Crippen molar-refractivity contribution >= 4 is 28.3 Å². The van der Waals surface area contributed by atoms with Crippen LogP contribution in [0, 0.1) is 5.82 Å². The molecule has 0 unspecified atom stereocenters. The minimum absolute atomic E-state index is 0.166. The van der Waals surface area contributed by atoms with Gasteiger partial charge in [0, 0.05) is 5.56 Å². The fourth-order valence-corrected chi connectivity index (χ4v) is 5.45. The van der Waals surface area contributed by atoms with Gasteiger partial charge in [-0.3, -0.25) is 9.59 Å². The number of aromatic nitrogens is 3. The van der Waals surface area contributed by atoms with Crippen LogP contribution in [0.1, 0.15) is 42.4 Å². The van der Waals surface area contributed by atoms with Crippen molar-refractivity contribution in [1.82, 2.24) is 24.8 Å². The molecule has 13 heteroatoms. The summed E-state index contributed by atoms with van der Waals surface area (Å²) in [4.78, 5) is 43.2. The number of nitrogens with zero attached hydrogens (tertiary/aromatic N) is 3. The van der Waals surface area contributed by atoms with Crippen LogP contribution in [0.25, 0.3) is 27.5 Å². The number of carbonyl (C=O) groups is 2. The number of carbonyl (C=O) groups excluding carboxylic acids is 2. The lowest BCUT2D eigenvalue weighted by molar-refractivity contribution is -0.136. The van der Waals surface area contributed by atoms with E-state index in [1.54, 1.807) is 32.9 Å². The third-order valence-corrected chi connectivity index (χ3v) is 7.51. The zero-order valence-corrected chi connectivity index (χ0v) is 24.3. The summed E-state index contributed by atoms with van der Waals surface area (Å²) in [7, 11) is 0. The van der Waals surface area contributed by atoms with Crippen molar-refractivity contribution in [3.8, 4) is 11.3 Å². The average Bonchev–Trinajstić information content (AvgIpc) is 3.35. The van der Waals surface area contributed by atoms with Gasteiger partial charge in [0.2, 0.25) is 0 Å². The third-order valence-electron chi connectivity index (χ3n) is 7.51. The lowest BCUT2D eigenvalue weighted by atomic mass is 9.82. The number of amides is 2. The molecule has 2 N–H and O–H groups in total. The van der Waals surface area contributed by atoms with Gasteiger partial charge in [-0.05, 0) is 55.3 Å². The number of rotatable bonds is 4. The number of halogens is 4. The minimum atomic E-state index is -5.13. The maximum absolute atomic E-state index is 14.5. The van der Waals surface area contributed by atoms with E-state index in [4.69, 9.17) is 4.74 Å². The van der Waals surface area contributed by atoms with E-state index in [1.165, 1.54) is 23.2 Å². The smallest absolute Gasteiger partial charge is 0.421 e. The summed E-state index contributed by atoms with van der Waals surface area (Å²) >= 11 is 0. The van der Waals surface area contributed by atoms with Crippen LogP contribution in [0.3, 0.4) is 0 Å². The standard InChI is InChI=1S/C32H27F4N5O4/c1-30(2,3)45-29(44)40-16-31(17-40,21-10-12-22(33)13-11-21)38-27(42)25-24(32(34,35)36)26-28(43)37-23(15-41(26)39-25)20-9-8-18-6-4-5-7-19(18)14-20/h4-15H,16-17H2,1-3H3,(H,37,43)(H,38,42). The van der Waals surface area contributed by atoms with Crippen molar-refractivity contribution in [2.75, 3.05) is 13.1 Å². The molecule has 0 atom stereocenters. The van der Waals surface area contributed by atoms with Gasteiger partial charge in [-0.25, -0.2) is 13.7 Å². The van der Waals surface area contributed by atoms with E-state index in [0.717, 1.165) is 27.4 Å². The highest BCUT2D eigenvalue weighted by Crippen LogP contribution is 2.37. The number of nitrogens with one attached hydrogen (secondary N) is 2. The second-order valence-corrected chi connectivity index (χ2v) is 12.0. The van der Waals surface area contributed by atoms with E-state index < -0.39 is 57.5 Å². The van der Waals surface area contributed by atoms with Gasteiger partial charge in [0.15, 0.2) is 5.69 Å². The topological polar surface area (TPSA) is 109 Å². The molecular formula is C32H27F4N5O4. The average molecular weight is 622 g/mol. The predicted molar refractivity (Wildman–Crippen MR) is 157 cm³/mol. The Morgan fingerprint density at radius 3 is 2.29 bits per heavy atom. The maximum Gasteiger partial charge on any atom is 0.421 e. The van der Waals surface area contributed by atoms with Crippen LogP contribution in [-0.4, -0.2) is 50.2 Å². The normalized spacial score (nSPS) is 14.8. The van der Waals surface area contributed by atoms with Gasteiger partial charge in [0.05, 0.1) is 25.0 Å². The van der Waals surface area contributed by atoms with Gasteiger partial charge < -0.3 is 19.9 Å². The number of fused-ring (bicyclic) bond motifs is 2. The van der Waals surface area contributed by atoms with E-state index in [1.807, 2.05) is 30.3 Å². The number of likely N-dealkylation sites (tertiary alicyclic amines) is 1. The fraction of sp³-hybridized carbons (Fsp3) is 0.250. The molecule has 0 radical (unpaired) electrons. The summed E-state index contributed by atoms with van der Waals surface area (Å²) in [6.45, 7) is 4.69. The molecule has 5 aromatic rings. The Morgan fingerprint density at radius 2 is 1.64 bits per heavy atom. The van der Waals surface area contributed by atoms with E-state index >= 15 is 0 Å². The molecule has 1 aliphatic rings. The van der Waals surface area contributed by atoms with Crippen LogP contribution in [-0.2, 0) is 16.5 Å². The number of H-pyrrole nitrogens is 1. The maximum atomic E-state index is 14.5. The van der Waals surface area contributed by atoms with Crippen molar-refractivity contribution in [1.29, 1.82) is 0 Å². The molecule has 2 aromatic heterocycles. The van der Waals surface area contributed by atoms with Crippen LogP contribution < -0.4 is 10.9 Å². The van der Waals surface area contributed by atoms with Gasteiger partial charge in [-0.15, -0.1) is 0 Å². The number of hydrogen-bond donors (Lipinski definition) is 2. The summed E-state index contributed by atoms with van der Waals surface area (Å²) in [5.74, 6) is -1.80. The molecule has 3 heterocycles. The van der Waals surface area contributed by atoms with Crippen LogP contribution in [0.2, 0.25) is 0 Å². The predicted octanol–water partition coefficient (Wildman–Crippen LogP) is 5.88. The molecule has 1 aliphatic heterocycles. The zero-order chi connectivity index (χ0) is 32.3. The number of hydrogen-bond acceptors (Lipinski definition) is 5. The minimum Gasteiger partial charge on any atom is -0.444 e. The molecule has 0 saturated carbocycles. The number of aromatic amines is 1. The van der Waals surface area contributed by atoms with Gasteiger partial charge in [0.25, 0.3) is 11.5 Å². The lowest BCUT2D eigenvalue weighted by Gasteiger charge is -2.50. The highest BCUT2D eigenvalue weighted by Gasteiger charge is 2.50. The molecule has 232 valence electrons. The Kier molecular flexibility index (Phi) is 6.94. The molecule has 0 bridgehead atoms. The quantitative estimate of drug-likeness (QED) is 0.244. The van der Waals surface area contributed by atoms with Gasteiger partial charge >= 0.3 is 12.3 Å². The zero-order valence-electron chi connectivity index (χ0n) is 24.3. The number of benzene rings is 3. The molecule has 0 spiro atoms. The molecule has 9 nitrogen and oxygen atoms in total. The summed E-state index contributed by atoms with van der Waals surface area (Å²) in [6.07, 6.45) is -4.60. The third kappa shape index (κ3) is 5.61. The molecule has 6 rings (SSSR count). The highest BCUT2D eigenvalue weighted by atomic mass is 19.4. The van der Waals surface area contributed by atoms with Crippen LogP contribution >= 0.6 is 0 Å². The van der Waals surface area contributed by atoms with Crippen LogP contribution in [0.5, 0.6) is 0 Å². The Balaban J connectivity index is 1.40. The Hall–Kier alpha value is -5.20. The first-order valence-corrected chi connectivity index (χ1v) is 13.9. The second-order valence-electron chi connectivity index (χ2n) is 12.0. The summed E-state index contributed by atoms with van der Waals surface area (Å²) in [6, 6.07) is 17.8. The SMILES string of the molecule is CC(C)(C)OC(=O)N1CC(NC(=O)c2nn3cc(-c4ccc5ccccc5c4)[nH]c(=O)c3c2C(F)(F)F)(c2ccc(F)cc2)C1. The Morgan fingerprint density at radius 1 is 0.978 bits per heavy atom. The lowest BCUT2D eigenvalue weighted by Crippen LogP contribution is -2.69. The van der Waals surface area contributed by atoms with Gasteiger partial charge in [0.1, 0.15) is 28.0 Å². The van der Waals surface area contributed by atoms with Crippen molar-refractivity contribution < 1.29 is 31.9 Å². The Bertz CT molecular complexity index is 2020. The second kappa shape index (κ2) is 10.5. The first-order chi connectivity index (χ1) is 21.1. The molecule has 2 amide bonds. The van der Waals surface area contributed by atoms with Gasteiger partial charge in [-0.1, -0.05) is 48.5 Å². The molecular weight excluding hydrogens is 594 g/mol. The monoisotopic (exact) mass is 621 g/mol.